The normalized spacial score (nSPS) is 16.5. The van der Waals surface area contributed by atoms with E-state index < -0.39 is 0 Å². The van der Waals surface area contributed by atoms with Crippen molar-refractivity contribution >= 4 is 6.03 Å². The van der Waals surface area contributed by atoms with E-state index in [1.165, 1.54) is 0 Å². The molecule has 1 aromatic carbocycles. The molecule has 0 bridgehead atoms. The zero-order chi connectivity index (χ0) is 15.8. The Morgan fingerprint density at radius 3 is 2.45 bits per heavy atom. The number of rotatable bonds is 6. The number of aliphatic hydroxyl groups excluding tert-OH is 1. The molecule has 5 heteroatoms. The van der Waals surface area contributed by atoms with Crippen LogP contribution >= 0.6 is 0 Å². The highest BCUT2D eigenvalue weighted by Gasteiger charge is 2.19. The van der Waals surface area contributed by atoms with Crippen molar-refractivity contribution in [2.45, 2.75) is 38.8 Å². The Labute approximate surface area is 132 Å². The molecule has 5 nitrogen and oxygen atoms in total. The number of aliphatic hydroxyl groups is 1. The molecule has 0 radical (unpaired) electrons. The average molecular weight is 305 g/mol. The molecule has 1 saturated heterocycles. The molecule has 0 aromatic heterocycles. The molecule has 1 aromatic rings. The van der Waals surface area contributed by atoms with Crippen LogP contribution in [0, 0.1) is 0 Å². The van der Waals surface area contributed by atoms with Crippen LogP contribution in [0.15, 0.2) is 24.3 Å². The molecule has 0 unspecified atom stereocenters. The minimum atomic E-state index is -0.0677. The standard InChI is InChI=1S/C17H27N3O2/c1-2-20-11-8-16(9-12-20)19-17(22)18-10-7-14-3-5-15(13-21)6-4-14/h3-6,16,21H,2,7-13H2,1H3,(H2,18,19,22). The van der Waals surface area contributed by atoms with Crippen molar-refractivity contribution in [3.63, 3.8) is 0 Å². The van der Waals surface area contributed by atoms with E-state index >= 15 is 0 Å². The van der Waals surface area contributed by atoms with Crippen LogP contribution in [-0.4, -0.2) is 48.3 Å². The zero-order valence-electron chi connectivity index (χ0n) is 13.3. The minimum Gasteiger partial charge on any atom is -0.392 e. The topological polar surface area (TPSA) is 64.6 Å². The van der Waals surface area contributed by atoms with E-state index in [1.54, 1.807) is 0 Å². The third-order valence-electron chi connectivity index (χ3n) is 4.27. The number of benzene rings is 1. The lowest BCUT2D eigenvalue weighted by molar-refractivity contribution is 0.198. The summed E-state index contributed by atoms with van der Waals surface area (Å²) in [7, 11) is 0. The van der Waals surface area contributed by atoms with Crippen LogP contribution in [0.25, 0.3) is 0 Å². The Balaban J connectivity index is 1.63. The van der Waals surface area contributed by atoms with Gasteiger partial charge in [-0.05, 0) is 36.9 Å². The lowest BCUT2D eigenvalue weighted by atomic mass is 10.1. The van der Waals surface area contributed by atoms with E-state index in [1.807, 2.05) is 24.3 Å². The fourth-order valence-corrected chi connectivity index (χ4v) is 2.76. The number of nitrogens with zero attached hydrogens (tertiary/aromatic N) is 1. The van der Waals surface area contributed by atoms with Crippen LogP contribution < -0.4 is 10.6 Å². The van der Waals surface area contributed by atoms with Gasteiger partial charge in [0.25, 0.3) is 0 Å². The molecule has 1 fully saturated rings. The molecule has 3 N–H and O–H groups in total. The summed E-state index contributed by atoms with van der Waals surface area (Å²) in [6.07, 6.45) is 2.86. The van der Waals surface area contributed by atoms with Crippen LogP contribution in [0.1, 0.15) is 30.9 Å². The number of piperidine rings is 1. The fraction of sp³-hybridized carbons (Fsp3) is 0.588. The Kier molecular flexibility index (Phi) is 6.68. The minimum absolute atomic E-state index is 0.0672. The van der Waals surface area contributed by atoms with Gasteiger partial charge in [-0.3, -0.25) is 0 Å². The van der Waals surface area contributed by atoms with E-state index in [0.29, 0.717) is 12.6 Å². The van der Waals surface area contributed by atoms with Gasteiger partial charge in [-0.1, -0.05) is 31.2 Å². The summed E-state index contributed by atoms with van der Waals surface area (Å²) in [5.41, 5.74) is 2.07. The predicted octanol–water partition coefficient (Wildman–Crippen LogP) is 1.50. The number of likely N-dealkylation sites (tertiary alicyclic amines) is 1. The molecular formula is C17H27N3O2. The van der Waals surface area contributed by atoms with Crippen LogP contribution in [0.5, 0.6) is 0 Å². The molecule has 1 aliphatic heterocycles. The van der Waals surface area contributed by atoms with Gasteiger partial charge in [-0.15, -0.1) is 0 Å². The molecule has 0 saturated carbocycles. The molecular weight excluding hydrogens is 278 g/mol. The van der Waals surface area contributed by atoms with Crippen LogP contribution in [0.2, 0.25) is 0 Å². The van der Waals surface area contributed by atoms with Crippen molar-refractivity contribution in [1.82, 2.24) is 15.5 Å². The van der Waals surface area contributed by atoms with Crippen molar-refractivity contribution in [3.05, 3.63) is 35.4 Å². The predicted molar refractivity (Wildman–Crippen MR) is 87.7 cm³/mol. The highest BCUT2D eigenvalue weighted by atomic mass is 16.3. The SMILES string of the molecule is CCN1CCC(NC(=O)NCCc2ccc(CO)cc2)CC1. The van der Waals surface area contributed by atoms with Gasteiger partial charge in [0, 0.05) is 25.7 Å². The van der Waals surface area contributed by atoms with E-state index in [-0.39, 0.29) is 12.6 Å². The summed E-state index contributed by atoms with van der Waals surface area (Å²) >= 11 is 0. The first-order chi connectivity index (χ1) is 10.7. The Hall–Kier alpha value is -1.59. The van der Waals surface area contributed by atoms with Crippen LogP contribution in [0.3, 0.4) is 0 Å². The first-order valence-corrected chi connectivity index (χ1v) is 8.16. The van der Waals surface area contributed by atoms with Gasteiger partial charge < -0.3 is 20.6 Å². The smallest absolute Gasteiger partial charge is 0.315 e. The number of nitrogens with one attached hydrogen (secondary N) is 2. The highest BCUT2D eigenvalue weighted by Crippen LogP contribution is 2.09. The van der Waals surface area contributed by atoms with E-state index in [9.17, 15) is 4.79 Å². The Bertz CT molecular complexity index is 453. The second kappa shape index (κ2) is 8.76. The van der Waals surface area contributed by atoms with Gasteiger partial charge in [-0.2, -0.15) is 0 Å². The second-order valence-electron chi connectivity index (χ2n) is 5.83. The summed E-state index contributed by atoms with van der Waals surface area (Å²) in [5.74, 6) is 0. The first-order valence-electron chi connectivity index (χ1n) is 8.16. The second-order valence-corrected chi connectivity index (χ2v) is 5.83. The number of hydrogen-bond donors (Lipinski definition) is 3. The summed E-state index contributed by atoms with van der Waals surface area (Å²) in [5, 5.41) is 15.0. The number of urea groups is 1. The average Bonchev–Trinajstić information content (AvgIpc) is 2.56. The van der Waals surface area contributed by atoms with E-state index in [4.69, 9.17) is 5.11 Å². The highest BCUT2D eigenvalue weighted by molar-refractivity contribution is 5.74. The fourth-order valence-electron chi connectivity index (χ4n) is 2.76. The number of carbonyl (C=O) groups is 1. The van der Waals surface area contributed by atoms with Gasteiger partial charge >= 0.3 is 6.03 Å². The lowest BCUT2D eigenvalue weighted by Gasteiger charge is -2.31. The summed E-state index contributed by atoms with van der Waals surface area (Å²) < 4.78 is 0. The summed E-state index contributed by atoms with van der Waals surface area (Å²) in [6, 6.07) is 8.04. The van der Waals surface area contributed by atoms with Crippen molar-refractivity contribution in [1.29, 1.82) is 0 Å². The molecule has 1 aliphatic rings. The van der Waals surface area contributed by atoms with Gasteiger partial charge in [0.2, 0.25) is 0 Å². The summed E-state index contributed by atoms with van der Waals surface area (Å²) in [4.78, 5) is 14.3. The monoisotopic (exact) mass is 305 g/mol. The zero-order valence-corrected chi connectivity index (χ0v) is 13.3. The number of hydrogen-bond acceptors (Lipinski definition) is 3. The molecule has 2 rings (SSSR count). The molecule has 1 heterocycles. The lowest BCUT2D eigenvalue weighted by Crippen LogP contribution is -2.48. The largest absolute Gasteiger partial charge is 0.392 e. The third kappa shape index (κ3) is 5.31. The van der Waals surface area contributed by atoms with Crippen LogP contribution in [-0.2, 0) is 13.0 Å². The molecule has 2 amide bonds. The number of carbonyl (C=O) groups excluding carboxylic acids is 1. The molecule has 122 valence electrons. The van der Waals surface area contributed by atoms with Crippen molar-refractivity contribution in [3.8, 4) is 0 Å². The number of amides is 2. The maximum absolute atomic E-state index is 11.9. The molecule has 22 heavy (non-hydrogen) atoms. The van der Waals surface area contributed by atoms with Crippen molar-refractivity contribution < 1.29 is 9.90 Å². The Morgan fingerprint density at radius 2 is 1.86 bits per heavy atom. The van der Waals surface area contributed by atoms with E-state index in [0.717, 1.165) is 50.0 Å². The van der Waals surface area contributed by atoms with Gasteiger partial charge in [-0.25, -0.2) is 4.79 Å². The van der Waals surface area contributed by atoms with E-state index in [2.05, 4.69) is 22.5 Å². The summed E-state index contributed by atoms with van der Waals surface area (Å²) in [6.45, 7) is 6.09. The van der Waals surface area contributed by atoms with Crippen molar-refractivity contribution in [2.75, 3.05) is 26.2 Å². The maximum atomic E-state index is 11.9. The van der Waals surface area contributed by atoms with Gasteiger partial charge in [0.05, 0.1) is 6.61 Å². The van der Waals surface area contributed by atoms with Crippen LogP contribution in [0.4, 0.5) is 4.79 Å². The third-order valence-corrected chi connectivity index (χ3v) is 4.27. The first kappa shape index (κ1) is 16.8. The van der Waals surface area contributed by atoms with Crippen molar-refractivity contribution in [2.24, 2.45) is 0 Å². The molecule has 0 spiro atoms. The van der Waals surface area contributed by atoms with Gasteiger partial charge in [0.15, 0.2) is 0 Å². The quantitative estimate of drug-likeness (QED) is 0.746. The molecule has 0 aliphatic carbocycles. The van der Waals surface area contributed by atoms with Gasteiger partial charge in [0.1, 0.15) is 0 Å². The molecule has 0 atom stereocenters. The maximum Gasteiger partial charge on any atom is 0.315 e. The Morgan fingerprint density at radius 1 is 1.23 bits per heavy atom.